The molecule has 1 unspecified atom stereocenters. The number of rotatable bonds is 7. The summed E-state index contributed by atoms with van der Waals surface area (Å²) >= 11 is 1.33. The Morgan fingerprint density at radius 1 is 1.00 bits per heavy atom. The molecular weight excluding hydrogens is 364 g/mol. The zero-order chi connectivity index (χ0) is 19.8. The second-order valence-electron chi connectivity index (χ2n) is 6.34. The van der Waals surface area contributed by atoms with Gasteiger partial charge in [0.1, 0.15) is 6.04 Å². The van der Waals surface area contributed by atoms with Gasteiger partial charge in [-0.25, -0.2) is 4.79 Å². The highest BCUT2D eigenvalue weighted by molar-refractivity contribution is 7.12. The topological polar surface area (TPSA) is 99.3 Å². The molecule has 1 aromatic carbocycles. The van der Waals surface area contributed by atoms with Gasteiger partial charge in [-0.15, -0.1) is 11.3 Å². The fraction of sp³-hybridized carbons (Fsp3) is 0.316. The first-order chi connectivity index (χ1) is 12.8. The first kappa shape index (κ1) is 20.4. The van der Waals surface area contributed by atoms with Crippen molar-refractivity contribution in [3.8, 4) is 0 Å². The van der Waals surface area contributed by atoms with Gasteiger partial charge in [0.15, 0.2) is 0 Å². The highest BCUT2D eigenvalue weighted by atomic mass is 32.1. The monoisotopic (exact) mass is 388 g/mol. The number of amides is 4. The largest absolute Gasteiger partial charge is 0.350 e. The lowest BCUT2D eigenvalue weighted by atomic mass is 10.2. The SMILES string of the molecule is CC(C)NC(=O)Nc1ccc(CNC(=O)C(C)NC(=O)c2cccs2)cc1. The van der Waals surface area contributed by atoms with Crippen LogP contribution in [0.3, 0.4) is 0 Å². The maximum Gasteiger partial charge on any atom is 0.319 e. The van der Waals surface area contributed by atoms with Crippen LogP contribution in [-0.2, 0) is 11.3 Å². The molecular formula is C19H24N4O3S. The molecule has 4 N–H and O–H groups in total. The predicted molar refractivity (Wildman–Crippen MR) is 107 cm³/mol. The van der Waals surface area contributed by atoms with Gasteiger partial charge in [0, 0.05) is 18.3 Å². The van der Waals surface area contributed by atoms with E-state index in [0.717, 1.165) is 5.56 Å². The Labute approximate surface area is 162 Å². The Balaban J connectivity index is 1.79. The zero-order valence-corrected chi connectivity index (χ0v) is 16.4. The van der Waals surface area contributed by atoms with E-state index in [-0.39, 0.29) is 23.9 Å². The Bertz CT molecular complexity index is 773. The molecule has 0 aliphatic carbocycles. The van der Waals surface area contributed by atoms with Crippen LogP contribution in [0.1, 0.15) is 36.0 Å². The van der Waals surface area contributed by atoms with Crippen molar-refractivity contribution < 1.29 is 14.4 Å². The lowest BCUT2D eigenvalue weighted by Crippen LogP contribution is -2.44. The normalized spacial score (nSPS) is 11.6. The molecule has 0 aliphatic heterocycles. The molecule has 0 bridgehead atoms. The van der Waals surface area contributed by atoms with E-state index in [1.165, 1.54) is 11.3 Å². The standard InChI is InChI=1S/C19H24N4O3S/c1-12(2)21-19(26)23-15-8-6-14(7-9-15)11-20-17(24)13(3)22-18(25)16-5-4-10-27-16/h4-10,12-13H,11H2,1-3H3,(H,20,24)(H,22,25)(H2,21,23,26). The number of hydrogen-bond donors (Lipinski definition) is 4. The summed E-state index contributed by atoms with van der Waals surface area (Å²) in [6.07, 6.45) is 0. The summed E-state index contributed by atoms with van der Waals surface area (Å²) in [7, 11) is 0. The summed E-state index contributed by atoms with van der Waals surface area (Å²) in [5.74, 6) is -0.527. The number of benzene rings is 1. The lowest BCUT2D eigenvalue weighted by Gasteiger charge is -2.14. The number of carbonyl (C=O) groups excluding carboxylic acids is 3. The van der Waals surface area contributed by atoms with E-state index in [2.05, 4.69) is 21.3 Å². The van der Waals surface area contributed by atoms with E-state index in [9.17, 15) is 14.4 Å². The van der Waals surface area contributed by atoms with E-state index < -0.39 is 6.04 Å². The quantitative estimate of drug-likeness (QED) is 0.587. The van der Waals surface area contributed by atoms with Crippen LogP contribution in [0.5, 0.6) is 0 Å². The van der Waals surface area contributed by atoms with Gasteiger partial charge in [-0.3, -0.25) is 9.59 Å². The third-order valence-corrected chi connectivity index (χ3v) is 4.45. The van der Waals surface area contributed by atoms with Crippen molar-refractivity contribution in [2.75, 3.05) is 5.32 Å². The summed E-state index contributed by atoms with van der Waals surface area (Å²) in [6.45, 7) is 5.74. The molecule has 7 nitrogen and oxygen atoms in total. The van der Waals surface area contributed by atoms with Crippen molar-refractivity contribution in [2.24, 2.45) is 0 Å². The van der Waals surface area contributed by atoms with Gasteiger partial charge in [-0.05, 0) is 49.9 Å². The Morgan fingerprint density at radius 3 is 2.30 bits per heavy atom. The van der Waals surface area contributed by atoms with E-state index >= 15 is 0 Å². The van der Waals surface area contributed by atoms with Crippen LogP contribution in [0.15, 0.2) is 41.8 Å². The van der Waals surface area contributed by atoms with Gasteiger partial charge in [0.25, 0.3) is 5.91 Å². The molecule has 1 aromatic heterocycles. The van der Waals surface area contributed by atoms with Crippen LogP contribution in [0.2, 0.25) is 0 Å². The minimum absolute atomic E-state index is 0.0572. The van der Waals surface area contributed by atoms with E-state index in [0.29, 0.717) is 17.1 Å². The molecule has 2 aromatic rings. The molecule has 2 rings (SSSR count). The Kier molecular flexibility index (Phi) is 7.36. The van der Waals surface area contributed by atoms with Crippen molar-refractivity contribution in [1.82, 2.24) is 16.0 Å². The summed E-state index contributed by atoms with van der Waals surface area (Å²) < 4.78 is 0. The molecule has 0 saturated carbocycles. The van der Waals surface area contributed by atoms with Crippen LogP contribution in [0, 0.1) is 0 Å². The van der Waals surface area contributed by atoms with E-state index in [1.807, 2.05) is 31.4 Å². The summed E-state index contributed by atoms with van der Waals surface area (Å²) in [4.78, 5) is 36.3. The molecule has 1 heterocycles. The summed E-state index contributed by atoms with van der Waals surface area (Å²) in [6, 6.07) is 9.83. The van der Waals surface area contributed by atoms with Gasteiger partial charge >= 0.3 is 6.03 Å². The molecule has 144 valence electrons. The van der Waals surface area contributed by atoms with Crippen LogP contribution in [-0.4, -0.2) is 29.9 Å². The number of nitrogens with one attached hydrogen (secondary N) is 4. The third kappa shape index (κ3) is 6.74. The molecule has 27 heavy (non-hydrogen) atoms. The summed E-state index contributed by atoms with van der Waals surface area (Å²) in [5.41, 5.74) is 1.55. The van der Waals surface area contributed by atoms with Gasteiger partial charge in [-0.2, -0.15) is 0 Å². The number of anilines is 1. The second kappa shape index (κ2) is 9.72. The molecule has 4 amide bonds. The molecule has 0 spiro atoms. The number of thiophene rings is 1. The van der Waals surface area contributed by atoms with Crippen LogP contribution < -0.4 is 21.3 Å². The van der Waals surface area contributed by atoms with E-state index in [4.69, 9.17) is 0 Å². The van der Waals surface area contributed by atoms with Crippen LogP contribution in [0.4, 0.5) is 10.5 Å². The fourth-order valence-electron chi connectivity index (χ4n) is 2.22. The fourth-order valence-corrected chi connectivity index (χ4v) is 2.85. The smallest absolute Gasteiger partial charge is 0.319 e. The predicted octanol–water partition coefficient (Wildman–Crippen LogP) is 2.71. The maximum atomic E-state index is 12.1. The van der Waals surface area contributed by atoms with Crippen molar-refractivity contribution in [1.29, 1.82) is 0 Å². The molecule has 0 saturated heterocycles. The van der Waals surface area contributed by atoms with Gasteiger partial charge in [0.05, 0.1) is 4.88 Å². The van der Waals surface area contributed by atoms with Crippen LogP contribution in [0.25, 0.3) is 0 Å². The number of carbonyl (C=O) groups is 3. The second-order valence-corrected chi connectivity index (χ2v) is 7.29. The molecule has 0 aliphatic rings. The first-order valence-corrected chi connectivity index (χ1v) is 9.51. The zero-order valence-electron chi connectivity index (χ0n) is 15.5. The minimum Gasteiger partial charge on any atom is -0.350 e. The highest BCUT2D eigenvalue weighted by Crippen LogP contribution is 2.10. The Morgan fingerprint density at radius 2 is 1.70 bits per heavy atom. The molecule has 8 heteroatoms. The van der Waals surface area contributed by atoms with Crippen LogP contribution >= 0.6 is 11.3 Å². The van der Waals surface area contributed by atoms with Crippen molar-refractivity contribution in [3.05, 3.63) is 52.2 Å². The number of urea groups is 1. The van der Waals surface area contributed by atoms with E-state index in [1.54, 1.807) is 31.2 Å². The van der Waals surface area contributed by atoms with Crippen molar-refractivity contribution in [2.45, 2.75) is 39.4 Å². The first-order valence-electron chi connectivity index (χ1n) is 8.63. The average Bonchev–Trinajstić information content (AvgIpc) is 3.14. The van der Waals surface area contributed by atoms with Crippen molar-refractivity contribution in [3.63, 3.8) is 0 Å². The Hall–Kier alpha value is -2.87. The third-order valence-electron chi connectivity index (χ3n) is 3.58. The molecule has 1 atom stereocenters. The highest BCUT2D eigenvalue weighted by Gasteiger charge is 2.16. The van der Waals surface area contributed by atoms with Gasteiger partial charge in [0.2, 0.25) is 5.91 Å². The summed E-state index contributed by atoms with van der Waals surface area (Å²) in [5, 5.41) is 12.7. The number of hydrogen-bond acceptors (Lipinski definition) is 4. The van der Waals surface area contributed by atoms with Crippen molar-refractivity contribution >= 4 is 34.9 Å². The maximum absolute atomic E-state index is 12.1. The molecule has 0 radical (unpaired) electrons. The van der Waals surface area contributed by atoms with Gasteiger partial charge in [-0.1, -0.05) is 18.2 Å². The average molecular weight is 388 g/mol. The van der Waals surface area contributed by atoms with Gasteiger partial charge < -0.3 is 21.3 Å². The lowest BCUT2D eigenvalue weighted by molar-refractivity contribution is -0.122. The minimum atomic E-state index is -0.639. The molecule has 0 fully saturated rings.